The fourth-order valence-electron chi connectivity index (χ4n) is 4.01. The first-order chi connectivity index (χ1) is 11.1. The van der Waals surface area contributed by atoms with Crippen LogP contribution in [0.1, 0.15) is 36.1 Å². The summed E-state index contributed by atoms with van der Waals surface area (Å²) in [5, 5.41) is 4.41. The Morgan fingerprint density at radius 2 is 2.13 bits per heavy atom. The zero-order chi connectivity index (χ0) is 16.0. The van der Waals surface area contributed by atoms with Crippen LogP contribution in [0.4, 0.5) is 0 Å². The molecule has 0 radical (unpaired) electrons. The van der Waals surface area contributed by atoms with Crippen molar-refractivity contribution >= 4 is 16.9 Å². The number of likely N-dealkylation sites (tertiary alicyclic amines) is 1. The van der Waals surface area contributed by atoms with Gasteiger partial charge >= 0.3 is 0 Å². The molecule has 2 atom stereocenters. The van der Waals surface area contributed by atoms with Crippen LogP contribution in [0.15, 0.2) is 22.6 Å². The van der Waals surface area contributed by atoms with E-state index < -0.39 is 0 Å². The predicted molar refractivity (Wildman–Crippen MR) is 90.2 cm³/mol. The molecule has 4 rings (SSSR count). The average Bonchev–Trinajstić information content (AvgIpc) is 2.62. The van der Waals surface area contributed by atoms with Crippen LogP contribution in [0.25, 0.3) is 11.0 Å². The number of nitrogens with zero attached hydrogens (tertiary/aromatic N) is 1. The molecule has 1 N–H and O–H groups in total. The molecular formula is C19H24N2O2. The van der Waals surface area contributed by atoms with E-state index >= 15 is 0 Å². The van der Waals surface area contributed by atoms with Crippen molar-refractivity contribution in [2.45, 2.75) is 45.7 Å². The first kappa shape index (κ1) is 14.8. The number of carbonyl (C=O) groups excluding carboxylic acids is 1. The Kier molecular flexibility index (Phi) is 3.64. The van der Waals surface area contributed by atoms with Crippen molar-refractivity contribution in [2.75, 3.05) is 13.1 Å². The second-order valence-corrected chi connectivity index (χ2v) is 7.18. The monoisotopic (exact) mass is 312 g/mol. The first-order valence-corrected chi connectivity index (χ1v) is 8.61. The molecule has 0 unspecified atom stereocenters. The van der Waals surface area contributed by atoms with Gasteiger partial charge in [-0.05, 0) is 44.4 Å². The van der Waals surface area contributed by atoms with Crippen LogP contribution in [0.3, 0.4) is 0 Å². The summed E-state index contributed by atoms with van der Waals surface area (Å²) in [5.74, 6) is 1.42. The van der Waals surface area contributed by atoms with Gasteiger partial charge < -0.3 is 9.73 Å². The van der Waals surface area contributed by atoms with E-state index in [0.29, 0.717) is 6.04 Å². The van der Waals surface area contributed by atoms with Gasteiger partial charge in [0.25, 0.3) is 0 Å². The van der Waals surface area contributed by atoms with Crippen LogP contribution in [-0.2, 0) is 11.3 Å². The second-order valence-electron chi connectivity index (χ2n) is 7.18. The van der Waals surface area contributed by atoms with Crippen molar-refractivity contribution < 1.29 is 9.21 Å². The van der Waals surface area contributed by atoms with Gasteiger partial charge in [0.05, 0.1) is 12.5 Å². The fourth-order valence-corrected chi connectivity index (χ4v) is 4.01. The summed E-state index contributed by atoms with van der Waals surface area (Å²) in [5.41, 5.74) is 3.46. The van der Waals surface area contributed by atoms with Gasteiger partial charge in [0.15, 0.2) is 0 Å². The summed E-state index contributed by atoms with van der Waals surface area (Å²) in [6.45, 7) is 6.82. The number of amides is 1. The highest BCUT2D eigenvalue weighted by Crippen LogP contribution is 2.29. The molecular weight excluding hydrogens is 288 g/mol. The van der Waals surface area contributed by atoms with Crippen LogP contribution in [0.5, 0.6) is 0 Å². The van der Waals surface area contributed by atoms with Crippen molar-refractivity contribution in [2.24, 2.45) is 5.92 Å². The number of fused-ring (bicyclic) bond motifs is 4. The summed E-state index contributed by atoms with van der Waals surface area (Å²) in [6.07, 6.45) is 3.26. The molecule has 2 aliphatic rings. The first-order valence-electron chi connectivity index (χ1n) is 8.61. The van der Waals surface area contributed by atoms with Gasteiger partial charge in [-0.15, -0.1) is 0 Å². The fraction of sp³-hybridized carbons (Fsp3) is 0.526. The molecule has 1 amide bonds. The SMILES string of the molecule is Cc1ccc2oc(CN3C[C@H]4CCC[C@@H](C3)C(=O)N4)c(C)c2c1. The Morgan fingerprint density at radius 1 is 1.26 bits per heavy atom. The van der Waals surface area contributed by atoms with E-state index in [2.05, 4.69) is 42.3 Å². The molecule has 4 nitrogen and oxygen atoms in total. The quantitative estimate of drug-likeness (QED) is 0.926. The van der Waals surface area contributed by atoms with Crippen LogP contribution in [0.2, 0.25) is 0 Å². The second kappa shape index (κ2) is 5.68. The number of furan rings is 1. The third-order valence-electron chi connectivity index (χ3n) is 5.34. The van der Waals surface area contributed by atoms with Crippen molar-refractivity contribution in [3.05, 3.63) is 35.1 Å². The number of hydrogen-bond donors (Lipinski definition) is 1. The van der Waals surface area contributed by atoms with E-state index in [1.165, 1.54) is 16.5 Å². The molecule has 2 saturated heterocycles. The Labute approximate surface area is 136 Å². The van der Waals surface area contributed by atoms with E-state index in [-0.39, 0.29) is 11.8 Å². The van der Waals surface area contributed by atoms with Crippen LogP contribution in [-0.4, -0.2) is 29.9 Å². The molecule has 122 valence electrons. The summed E-state index contributed by atoms with van der Waals surface area (Å²) in [4.78, 5) is 14.6. The lowest BCUT2D eigenvalue weighted by atomic mass is 9.99. The maximum absolute atomic E-state index is 12.2. The summed E-state index contributed by atoms with van der Waals surface area (Å²) < 4.78 is 6.10. The molecule has 1 aromatic heterocycles. The molecule has 4 heteroatoms. The average molecular weight is 312 g/mol. The molecule has 23 heavy (non-hydrogen) atoms. The number of benzene rings is 1. The molecule has 2 aliphatic heterocycles. The van der Waals surface area contributed by atoms with Gasteiger partial charge in [-0.2, -0.15) is 0 Å². The normalized spacial score (nSPS) is 25.4. The Balaban J connectivity index is 1.60. The van der Waals surface area contributed by atoms with Gasteiger partial charge in [-0.3, -0.25) is 9.69 Å². The highest BCUT2D eigenvalue weighted by Gasteiger charge is 2.33. The minimum atomic E-state index is 0.134. The lowest BCUT2D eigenvalue weighted by Gasteiger charge is -2.26. The largest absolute Gasteiger partial charge is 0.459 e. The highest BCUT2D eigenvalue weighted by atomic mass is 16.3. The van der Waals surface area contributed by atoms with Crippen LogP contribution in [0, 0.1) is 19.8 Å². The number of aryl methyl sites for hydroxylation is 2. The molecule has 0 spiro atoms. The number of rotatable bonds is 2. The minimum Gasteiger partial charge on any atom is -0.459 e. The van der Waals surface area contributed by atoms with Crippen molar-refractivity contribution in [1.82, 2.24) is 10.2 Å². The van der Waals surface area contributed by atoms with E-state index in [1.807, 2.05) is 0 Å². The molecule has 2 bridgehead atoms. The molecule has 0 aliphatic carbocycles. The lowest BCUT2D eigenvalue weighted by Crippen LogP contribution is -2.38. The Morgan fingerprint density at radius 3 is 3.00 bits per heavy atom. The molecule has 2 fully saturated rings. The van der Waals surface area contributed by atoms with Gasteiger partial charge in [0, 0.05) is 24.5 Å². The van der Waals surface area contributed by atoms with E-state index in [9.17, 15) is 4.79 Å². The van der Waals surface area contributed by atoms with E-state index in [4.69, 9.17) is 4.42 Å². The highest BCUT2D eigenvalue weighted by molar-refractivity contribution is 5.82. The molecule has 2 aromatic rings. The lowest BCUT2D eigenvalue weighted by molar-refractivity contribution is -0.124. The molecule has 0 saturated carbocycles. The van der Waals surface area contributed by atoms with Crippen molar-refractivity contribution in [3.63, 3.8) is 0 Å². The van der Waals surface area contributed by atoms with E-state index in [1.54, 1.807) is 0 Å². The standard InChI is InChI=1S/C19H24N2O2/c1-12-6-7-17-16(8-12)13(2)18(23-17)11-21-9-14-4-3-5-15(10-21)20-19(14)22/h6-8,14-15H,3-5,9-11H2,1-2H3,(H,20,22)/t14-,15+/m0/s1. The molecule has 3 heterocycles. The van der Waals surface area contributed by atoms with Crippen molar-refractivity contribution in [1.29, 1.82) is 0 Å². The topological polar surface area (TPSA) is 45.5 Å². The van der Waals surface area contributed by atoms with E-state index in [0.717, 1.165) is 50.2 Å². The summed E-state index contributed by atoms with van der Waals surface area (Å²) in [7, 11) is 0. The summed E-state index contributed by atoms with van der Waals surface area (Å²) >= 11 is 0. The smallest absolute Gasteiger partial charge is 0.224 e. The van der Waals surface area contributed by atoms with Crippen LogP contribution >= 0.6 is 0 Å². The van der Waals surface area contributed by atoms with Crippen LogP contribution < -0.4 is 5.32 Å². The van der Waals surface area contributed by atoms with Crippen molar-refractivity contribution in [3.8, 4) is 0 Å². The zero-order valence-electron chi connectivity index (χ0n) is 13.9. The maximum Gasteiger partial charge on any atom is 0.224 e. The molecule has 1 aromatic carbocycles. The third kappa shape index (κ3) is 2.76. The zero-order valence-corrected chi connectivity index (χ0v) is 13.9. The number of hydrogen-bond acceptors (Lipinski definition) is 3. The van der Waals surface area contributed by atoms with Gasteiger partial charge in [0.1, 0.15) is 11.3 Å². The van der Waals surface area contributed by atoms with Gasteiger partial charge in [-0.25, -0.2) is 0 Å². The van der Waals surface area contributed by atoms with Gasteiger partial charge in [0.2, 0.25) is 5.91 Å². The number of nitrogens with one attached hydrogen (secondary N) is 1. The third-order valence-corrected chi connectivity index (χ3v) is 5.34. The minimum absolute atomic E-state index is 0.134. The Bertz CT molecular complexity index is 749. The number of carbonyl (C=O) groups is 1. The maximum atomic E-state index is 12.2. The predicted octanol–water partition coefficient (Wildman–Crippen LogP) is 3.15. The van der Waals surface area contributed by atoms with Gasteiger partial charge in [-0.1, -0.05) is 18.1 Å². The Hall–Kier alpha value is -1.81. The summed E-state index contributed by atoms with van der Waals surface area (Å²) in [6, 6.07) is 6.64.